The molecule has 2 N–H and O–H groups in total. The Kier molecular flexibility index (Phi) is 5.99. The van der Waals surface area contributed by atoms with Gasteiger partial charge in [0.15, 0.2) is 0 Å². The molecule has 0 radical (unpaired) electrons. The van der Waals surface area contributed by atoms with E-state index in [0.29, 0.717) is 13.0 Å². The van der Waals surface area contributed by atoms with E-state index in [0.717, 1.165) is 13.0 Å². The number of aliphatic hydroxyl groups is 1. The highest BCUT2D eigenvalue weighted by atomic mass is 16.3. The maximum atomic E-state index is 9.84. The summed E-state index contributed by atoms with van der Waals surface area (Å²) in [5, 5.41) is 21.7. The summed E-state index contributed by atoms with van der Waals surface area (Å²) in [6, 6.07) is 2.17. The van der Waals surface area contributed by atoms with Crippen molar-refractivity contribution in [1.82, 2.24) is 5.32 Å². The van der Waals surface area contributed by atoms with Crippen LogP contribution < -0.4 is 5.32 Å². The van der Waals surface area contributed by atoms with Crippen LogP contribution in [-0.2, 0) is 0 Å². The normalized spacial score (nSPS) is 14.6. The molecule has 94 valence electrons. The molecule has 0 amide bonds. The molecule has 0 saturated heterocycles. The van der Waals surface area contributed by atoms with Crippen LogP contribution in [0.2, 0.25) is 0 Å². The van der Waals surface area contributed by atoms with Gasteiger partial charge in [0.05, 0.1) is 12.2 Å². The molecule has 0 aromatic carbocycles. The van der Waals surface area contributed by atoms with E-state index in [9.17, 15) is 5.11 Å². The van der Waals surface area contributed by atoms with Crippen molar-refractivity contribution < 1.29 is 5.11 Å². The maximum absolute atomic E-state index is 9.84. The minimum Gasteiger partial charge on any atom is -0.391 e. The summed E-state index contributed by atoms with van der Waals surface area (Å²) in [6.07, 6.45) is 1.15. The van der Waals surface area contributed by atoms with Crippen LogP contribution in [0.25, 0.3) is 0 Å². The van der Waals surface area contributed by atoms with E-state index in [1.165, 1.54) is 0 Å². The zero-order chi connectivity index (χ0) is 12.8. The minimum absolute atomic E-state index is 0.0796. The number of nitrogens with zero attached hydrogens (tertiary/aromatic N) is 1. The van der Waals surface area contributed by atoms with Gasteiger partial charge in [-0.25, -0.2) is 0 Å². The Bertz CT molecular complexity index is 235. The second kappa shape index (κ2) is 6.22. The van der Waals surface area contributed by atoms with E-state index in [1.807, 2.05) is 20.8 Å². The van der Waals surface area contributed by atoms with Crippen LogP contribution in [0.3, 0.4) is 0 Å². The van der Waals surface area contributed by atoms with Gasteiger partial charge in [0.25, 0.3) is 0 Å². The zero-order valence-corrected chi connectivity index (χ0v) is 11.3. The van der Waals surface area contributed by atoms with Crippen molar-refractivity contribution in [3.05, 3.63) is 0 Å². The maximum Gasteiger partial charge on any atom is 0.0712 e. The number of nitriles is 1. The lowest BCUT2D eigenvalue weighted by atomic mass is 9.86. The molecule has 0 aromatic rings. The first-order valence-corrected chi connectivity index (χ1v) is 5.95. The average Bonchev–Trinajstić information content (AvgIpc) is 2.13. The van der Waals surface area contributed by atoms with Gasteiger partial charge in [0.1, 0.15) is 0 Å². The quantitative estimate of drug-likeness (QED) is 0.730. The molecule has 0 aromatic heterocycles. The summed E-state index contributed by atoms with van der Waals surface area (Å²) < 4.78 is 0. The minimum atomic E-state index is -0.334. The number of hydrogen-bond donors (Lipinski definition) is 2. The summed E-state index contributed by atoms with van der Waals surface area (Å²) in [5.74, 6) is 0. The SMILES string of the molecule is CC(C)(CCC#N)CNCC(O)C(C)(C)C. The third kappa shape index (κ3) is 6.81. The highest BCUT2D eigenvalue weighted by Gasteiger charge is 2.23. The Hall–Kier alpha value is -0.590. The lowest BCUT2D eigenvalue weighted by molar-refractivity contribution is 0.0606. The predicted molar refractivity (Wildman–Crippen MR) is 67.0 cm³/mol. The summed E-state index contributed by atoms with van der Waals surface area (Å²) in [4.78, 5) is 0. The Morgan fingerprint density at radius 2 is 1.81 bits per heavy atom. The van der Waals surface area contributed by atoms with E-state index in [4.69, 9.17) is 5.26 Å². The fourth-order valence-corrected chi connectivity index (χ4v) is 1.34. The van der Waals surface area contributed by atoms with Crippen LogP contribution in [0.5, 0.6) is 0 Å². The number of hydrogen-bond acceptors (Lipinski definition) is 3. The van der Waals surface area contributed by atoms with Crippen molar-refractivity contribution in [2.24, 2.45) is 10.8 Å². The van der Waals surface area contributed by atoms with Crippen LogP contribution in [0, 0.1) is 22.2 Å². The highest BCUT2D eigenvalue weighted by molar-refractivity contribution is 4.80. The number of rotatable bonds is 6. The second-order valence-corrected chi connectivity index (χ2v) is 6.34. The van der Waals surface area contributed by atoms with Crippen molar-refractivity contribution in [2.75, 3.05) is 13.1 Å². The molecule has 1 unspecified atom stereocenters. The van der Waals surface area contributed by atoms with Crippen LogP contribution in [0.4, 0.5) is 0 Å². The van der Waals surface area contributed by atoms with Gasteiger partial charge >= 0.3 is 0 Å². The van der Waals surface area contributed by atoms with Crippen LogP contribution in [0.1, 0.15) is 47.5 Å². The molecule has 0 saturated carbocycles. The zero-order valence-electron chi connectivity index (χ0n) is 11.3. The first-order chi connectivity index (χ1) is 7.19. The Morgan fingerprint density at radius 1 is 1.25 bits per heavy atom. The lowest BCUT2D eigenvalue weighted by Crippen LogP contribution is -2.40. The van der Waals surface area contributed by atoms with Gasteiger partial charge in [-0.1, -0.05) is 34.6 Å². The van der Waals surface area contributed by atoms with Crippen molar-refractivity contribution in [2.45, 2.75) is 53.6 Å². The molecule has 0 fully saturated rings. The van der Waals surface area contributed by atoms with E-state index in [1.54, 1.807) is 0 Å². The van der Waals surface area contributed by atoms with Crippen LogP contribution in [-0.4, -0.2) is 24.3 Å². The summed E-state index contributed by atoms with van der Waals surface area (Å²) in [6.45, 7) is 11.8. The number of aliphatic hydroxyl groups excluding tert-OH is 1. The standard InChI is InChI=1S/C13H26N2O/c1-12(2,3)11(16)9-15-10-13(4,5)7-6-8-14/h11,15-16H,6-7,9-10H2,1-5H3. The molecule has 0 rings (SSSR count). The molecule has 0 heterocycles. The first-order valence-electron chi connectivity index (χ1n) is 5.95. The van der Waals surface area contributed by atoms with E-state index >= 15 is 0 Å². The van der Waals surface area contributed by atoms with Crippen LogP contribution in [0.15, 0.2) is 0 Å². The molecular formula is C13H26N2O. The van der Waals surface area contributed by atoms with Gasteiger partial charge < -0.3 is 10.4 Å². The van der Waals surface area contributed by atoms with Crippen molar-refractivity contribution >= 4 is 0 Å². The molecular weight excluding hydrogens is 200 g/mol. The number of nitrogens with one attached hydrogen (secondary N) is 1. The van der Waals surface area contributed by atoms with Gasteiger partial charge in [-0.3, -0.25) is 0 Å². The fourth-order valence-electron chi connectivity index (χ4n) is 1.34. The summed E-state index contributed by atoms with van der Waals surface area (Å²) in [5.41, 5.74) is 0.0388. The summed E-state index contributed by atoms with van der Waals surface area (Å²) >= 11 is 0. The molecule has 0 aliphatic rings. The van der Waals surface area contributed by atoms with E-state index < -0.39 is 0 Å². The second-order valence-electron chi connectivity index (χ2n) is 6.34. The molecule has 1 atom stereocenters. The van der Waals surface area contributed by atoms with Gasteiger partial charge in [-0.15, -0.1) is 0 Å². The van der Waals surface area contributed by atoms with E-state index in [2.05, 4.69) is 25.2 Å². The monoisotopic (exact) mass is 226 g/mol. The molecule has 16 heavy (non-hydrogen) atoms. The average molecular weight is 226 g/mol. The highest BCUT2D eigenvalue weighted by Crippen LogP contribution is 2.22. The first kappa shape index (κ1) is 15.4. The largest absolute Gasteiger partial charge is 0.391 e. The Labute approximate surface area is 99.9 Å². The predicted octanol–water partition coefficient (Wildman–Crippen LogP) is 2.31. The summed E-state index contributed by atoms with van der Waals surface area (Å²) in [7, 11) is 0. The fraction of sp³-hybridized carbons (Fsp3) is 0.923. The molecule has 0 bridgehead atoms. The topological polar surface area (TPSA) is 56.0 Å². The van der Waals surface area contributed by atoms with Crippen molar-refractivity contribution in [1.29, 1.82) is 5.26 Å². The molecule has 0 aliphatic heterocycles. The van der Waals surface area contributed by atoms with Crippen LogP contribution >= 0.6 is 0 Å². The van der Waals surface area contributed by atoms with Gasteiger partial charge in [0.2, 0.25) is 0 Å². The van der Waals surface area contributed by atoms with Gasteiger partial charge in [-0.2, -0.15) is 5.26 Å². The smallest absolute Gasteiger partial charge is 0.0712 e. The molecule has 3 heteroatoms. The van der Waals surface area contributed by atoms with E-state index in [-0.39, 0.29) is 16.9 Å². The Morgan fingerprint density at radius 3 is 2.25 bits per heavy atom. The molecule has 0 spiro atoms. The molecule has 3 nitrogen and oxygen atoms in total. The molecule has 0 aliphatic carbocycles. The van der Waals surface area contributed by atoms with Crippen molar-refractivity contribution in [3.8, 4) is 6.07 Å². The lowest BCUT2D eigenvalue weighted by Gasteiger charge is -2.29. The Balaban J connectivity index is 3.85. The van der Waals surface area contributed by atoms with Gasteiger partial charge in [0, 0.05) is 19.5 Å². The third-order valence-electron chi connectivity index (χ3n) is 2.85. The third-order valence-corrected chi connectivity index (χ3v) is 2.85. The van der Waals surface area contributed by atoms with Gasteiger partial charge in [-0.05, 0) is 17.3 Å². The van der Waals surface area contributed by atoms with Crippen molar-refractivity contribution in [3.63, 3.8) is 0 Å².